The van der Waals surface area contributed by atoms with E-state index in [0.717, 1.165) is 77.0 Å². The summed E-state index contributed by atoms with van der Waals surface area (Å²) in [6.45, 7) is 6.55. The average molecular weight is 841 g/mol. The molecule has 0 heterocycles. The topological polar surface area (TPSA) is 78.9 Å². The molecule has 0 radical (unpaired) electrons. The van der Waals surface area contributed by atoms with Gasteiger partial charge in [-0.3, -0.25) is 14.4 Å². The van der Waals surface area contributed by atoms with E-state index >= 15 is 0 Å². The van der Waals surface area contributed by atoms with Crippen molar-refractivity contribution in [3.8, 4) is 0 Å². The minimum Gasteiger partial charge on any atom is -0.462 e. The molecule has 0 aromatic carbocycles. The van der Waals surface area contributed by atoms with E-state index in [1.807, 2.05) is 0 Å². The molecule has 0 aliphatic heterocycles. The van der Waals surface area contributed by atoms with Gasteiger partial charge in [-0.1, -0.05) is 198 Å². The van der Waals surface area contributed by atoms with Crippen molar-refractivity contribution in [1.82, 2.24) is 0 Å². The zero-order valence-electron chi connectivity index (χ0n) is 39.7. The van der Waals surface area contributed by atoms with Crippen molar-refractivity contribution in [2.75, 3.05) is 13.2 Å². The van der Waals surface area contributed by atoms with Crippen LogP contribution in [-0.2, 0) is 28.6 Å². The summed E-state index contributed by atoms with van der Waals surface area (Å²) >= 11 is 0. The van der Waals surface area contributed by atoms with Gasteiger partial charge in [0.25, 0.3) is 0 Å². The molecular weight excluding hydrogens is 745 g/mol. The molecule has 1 unspecified atom stereocenters. The van der Waals surface area contributed by atoms with Crippen molar-refractivity contribution in [2.45, 2.75) is 264 Å². The fraction of sp³-hybridized carbons (Fsp3) is 0.796. The second-order valence-corrected chi connectivity index (χ2v) is 17.1. The fourth-order valence-electron chi connectivity index (χ4n) is 7.11. The molecule has 0 N–H and O–H groups in total. The van der Waals surface area contributed by atoms with Gasteiger partial charge in [-0.2, -0.15) is 0 Å². The number of hydrogen-bond donors (Lipinski definition) is 0. The summed E-state index contributed by atoms with van der Waals surface area (Å²) in [5.41, 5.74) is 0. The SMILES string of the molecule is CCCC/C=C\CCCCCCCC(=O)OCC(COC(=O)CCCCC/C=C\C=C/CCCCCCCCC)OC(=O)CCCCCCCCC/C=C\CCCCCC. The summed E-state index contributed by atoms with van der Waals surface area (Å²) in [7, 11) is 0. The maximum atomic E-state index is 12.8. The Bertz CT molecular complexity index is 1060. The average Bonchev–Trinajstić information content (AvgIpc) is 3.24. The molecule has 0 aliphatic carbocycles. The number of hydrogen-bond acceptors (Lipinski definition) is 6. The molecule has 0 aliphatic rings. The van der Waals surface area contributed by atoms with Crippen LogP contribution in [0.25, 0.3) is 0 Å². The Morgan fingerprint density at radius 2 is 0.617 bits per heavy atom. The summed E-state index contributed by atoms with van der Waals surface area (Å²) < 4.78 is 16.7. The predicted molar refractivity (Wildman–Crippen MR) is 256 cm³/mol. The molecule has 0 spiro atoms. The van der Waals surface area contributed by atoms with Gasteiger partial charge in [0, 0.05) is 19.3 Å². The molecule has 0 rings (SSSR count). The summed E-state index contributed by atoms with van der Waals surface area (Å²) in [6.07, 6.45) is 58.1. The third kappa shape index (κ3) is 46.4. The molecule has 0 aromatic rings. The lowest BCUT2D eigenvalue weighted by Crippen LogP contribution is -2.30. The number of ether oxygens (including phenoxy) is 3. The van der Waals surface area contributed by atoms with E-state index in [0.29, 0.717) is 19.3 Å². The van der Waals surface area contributed by atoms with Crippen LogP contribution < -0.4 is 0 Å². The van der Waals surface area contributed by atoms with E-state index in [-0.39, 0.29) is 31.1 Å². The van der Waals surface area contributed by atoms with Crippen molar-refractivity contribution in [2.24, 2.45) is 0 Å². The molecule has 0 aromatic heterocycles. The van der Waals surface area contributed by atoms with Gasteiger partial charge in [-0.25, -0.2) is 0 Å². The number of carbonyl (C=O) groups excluding carboxylic acids is 3. The smallest absolute Gasteiger partial charge is 0.306 e. The Labute approximate surface area is 371 Å². The van der Waals surface area contributed by atoms with Gasteiger partial charge in [-0.05, 0) is 89.9 Å². The lowest BCUT2D eigenvalue weighted by molar-refractivity contribution is -0.167. The number of carbonyl (C=O) groups is 3. The Morgan fingerprint density at radius 1 is 0.333 bits per heavy atom. The van der Waals surface area contributed by atoms with E-state index in [9.17, 15) is 14.4 Å². The summed E-state index contributed by atoms with van der Waals surface area (Å²) in [4.78, 5) is 37.9. The monoisotopic (exact) mass is 841 g/mol. The Balaban J connectivity index is 4.41. The molecule has 1 atom stereocenters. The molecule has 348 valence electrons. The van der Waals surface area contributed by atoms with Crippen LogP contribution in [0.3, 0.4) is 0 Å². The lowest BCUT2D eigenvalue weighted by atomic mass is 10.1. The fourth-order valence-corrected chi connectivity index (χ4v) is 7.11. The van der Waals surface area contributed by atoms with Crippen molar-refractivity contribution in [1.29, 1.82) is 0 Å². The highest BCUT2D eigenvalue weighted by molar-refractivity contribution is 5.71. The second-order valence-electron chi connectivity index (χ2n) is 17.1. The highest BCUT2D eigenvalue weighted by Crippen LogP contribution is 2.14. The number of unbranched alkanes of at least 4 members (excludes halogenated alkanes) is 28. The van der Waals surface area contributed by atoms with Crippen molar-refractivity contribution < 1.29 is 28.6 Å². The van der Waals surface area contributed by atoms with Gasteiger partial charge >= 0.3 is 17.9 Å². The van der Waals surface area contributed by atoms with Crippen molar-refractivity contribution in [3.63, 3.8) is 0 Å². The summed E-state index contributed by atoms with van der Waals surface area (Å²) in [5.74, 6) is -0.923. The summed E-state index contributed by atoms with van der Waals surface area (Å²) in [6, 6.07) is 0. The van der Waals surface area contributed by atoms with Gasteiger partial charge in [0.1, 0.15) is 13.2 Å². The first kappa shape index (κ1) is 57.4. The van der Waals surface area contributed by atoms with Crippen molar-refractivity contribution in [3.05, 3.63) is 48.6 Å². The molecule has 0 fully saturated rings. The molecule has 6 heteroatoms. The number of esters is 3. The maximum Gasteiger partial charge on any atom is 0.306 e. The quantitative estimate of drug-likeness (QED) is 0.0200. The molecular formula is C54H96O6. The van der Waals surface area contributed by atoms with Gasteiger partial charge in [0.15, 0.2) is 6.10 Å². The zero-order chi connectivity index (χ0) is 43.7. The number of rotatable bonds is 46. The van der Waals surface area contributed by atoms with Crippen LogP contribution in [0.4, 0.5) is 0 Å². The van der Waals surface area contributed by atoms with Crippen LogP contribution >= 0.6 is 0 Å². The van der Waals surface area contributed by atoms with Crippen LogP contribution in [0.2, 0.25) is 0 Å². The van der Waals surface area contributed by atoms with Crippen LogP contribution in [-0.4, -0.2) is 37.2 Å². The van der Waals surface area contributed by atoms with E-state index in [4.69, 9.17) is 14.2 Å². The molecule has 60 heavy (non-hydrogen) atoms. The van der Waals surface area contributed by atoms with Gasteiger partial charge in [0.2, 0.25) is 0 Å². The molecule has 0 saturated carbocycles. The number of allylic oxidation sites excluding steroid dienone is 8. The standard InChI is InChI=1S/C54H96O6/c1-4-7-10-13-16-19-22-24-26-28-29-32-35-38-41-44-47-53(56)59-50-51(49-58-52(55)46-43-40-37-34-31-21-18-15-12-9-6-3)60-54(57)48-45-42-39-36-33-30-27-25-23-20-17-14-11-8-5-2/h15,18,20,23,26,28-29,32,51H,4-14,16-17,19,21-22,24-25,27,30-31,33-50H2,1-3H3/b18-15-,23-20-,28-26-,32-29-. The van der Waals surface area contributed by atoms with E-state index < -0.39 is 6.10 Å². The van der Waals surface area contributed by atoms with Gasteiger partial charge in [0.05, 0.1) is 0 Å². The Hall–Kier alpha value is -2.63. The third-order valence-electron chi connectivity index (χ3n) is 11.1. The van der Waals surface area contributed by atoms with Gasteiger partial charge < -0.3 is 14.2 Å². The van der Waals surface area contributed by atoms with E-state index in [1.165, 1.54) is 141 Å². The van der Waals surface area contributed by atoms with E-state index in [2.05, 4.69) is 69.4 Å². The minimum atomic E-state index is -0.787. The lowest BCUT2D eigenvalue weighted by Gasteiger charge is -2.18. The molecule has 0 amide bonds. The predicted octanol–water partition coefficient (Wildman–Crippen LogP) is 16.7. The van der Waals surface area contributed by atoms with Crippen LogP contribution in [0, 0.1) is 0 Å². The maximum absolute atomic E-state index is 12.8. The normalized spacial score (nSPS) is 12.4. The summed E-state index contributed by atoms with van der Waals surface area (Å²) in [5, 5.41) is 0. The molecule has 0 saturated heterocycles. The first-order chi connectivity index (χ1) is 29.5. The van der Waals surface area contributed by atoms with Crippen molar-refractivity contribution >= 4 is 17.9 Å². The van der Waals surface area contributed by atoms with Gasteiger partial charge in [-0.15, -0.1) is 0 Å². The minimum absolute atomic E-state index is 0.0872. The third-order valence-corrected chi connectivity index (χ3v) is 11.1. The highest BCUT2D eigenvalue weighted by atomic mass is 16.6. The molecule has 6 nitrogen and oxygen atoms in total. The second kappa shape index (κ2) is 49.0. The zero-order valence-corrected chi connectivity index (χ0v) is 39.7. The first-order valence-electron chi connectivity index (χ1n) is 25.7. The largest absolute Gasteiger partial charge is 0.462 e. The Morgan fingerprint density at radius 3 is 1.02 bits per heavy atom. The first-order valence-corrected chi connectivity index (χ1v) is 25.7. The Kier molecular flexibility index (Phi) is 46.9. The van der Waals surface area contributed by atoms with Crippen LogP contribution in [0.5, 0.6) is 0 Å². The molecule has 0 bridgehead atoms. The van der Waals surface area contributed by atoms with E-state index in [1.54, 1.807) is 0 Å². The highest BCUT2D eigenvalue weighted by Gasteiger charge is 2.19. The van der Waals surface area contributed by atoms with Crippen LogP contribution in [0.1, 0.15) is 258 Å². The van der Waals surface area contributed by atoms with Crippen LogP contribution in [0.15, 0.2) is 48.6 Å².